The summed E-state index contributed by atoms with van der Waals surface area (Å²) in [5.41, 5.74) is 1.81. The molecule has 5 nitrogen and oxygen atoms in total. The fraction of sp³-hybridized carbons (Fsp3) is 0.583. The van der Waals surface area contributed by atoms with Crippen LogP contribution in [0.25, 0.3) is 0 Å². The first kappa shape index (κ1) is 12.0. The van der Waals surface area contributed by atoms with Crippen LogP contribution < -0.4 is 5.32 Å². The standard InChI is InChI=1S/C12H17N3O2/c1-2-3-6-17-12(16)10-7-9-11(8-15-10)14-5-4-13-9/h4-5,10,15H,2-3,6-8H2,1H3. The van der Waals surface area contributed by atoms with Gasteiger partial charge in [0, 0.05) is 25.4 Å². The van der Waals surface area contributed by atoms with Crippen molar-refractivity contribution in [1.82, 2.24) is 15.3 Å². The van der Waals surface area contributed by atoms with E-state index in [0.717, 1.165) is 24.2 Å². The topological polar surface area (TPSA) is 64.1 Å². The first-order valence-corrected chi connectivity index (χ1v) is 6.00. The van der Waals surface area contributed by atoms with Crippen molar-refractivity contribution in [3.8, 4) is 0 Å². The van der Waals surface area contributed by atoms with Crippen LogP contribution in [0.5, 0.6) is 0 Å². The van der Waals surface area contributed by atoms with Crippen LogP contribution in [0.2, 0.25) is 0 Å². The van der Waals surface area contributed by atoms with Crippen LogP contribution >= 0.6 is 0 Å². The average Bonchev–Trinajstić information content (AvgIpc) is 2.38. The lowest BCUT2D eigenvalue weighted by atomic mass is 10.1. The molecule has 0 fully saturated rings. The van der Waals surface area contributed by atoms with Crippen LogP contribution in [0.15, 0.2) is 12.4 Å². The third-order valence-corrected chi connectivity index (χ3v) is 2.80. The van der Waals surface area contributed by atoms with Gasteiger partial charge < -0.3 is 4.74 Å². The number of rotatable bonds is 4. The highest BCUT2D eigenvalue weighted by Crippen LogP contribution is 2.12. The quantitative estimate of drug-likeness (QED) is 0.618. The van der Waals surface area contributed by atoms with Gasteiger partial charge in [-0.05, 0) is 6.42 Å². The van der Waals surface area contributed by atoms with Crippen LogP contribution in [0, 0.1) is 0 Å². The van der Waals surface area contributed by atoms with Crippen LogP contribution in [-0.4, -0.2) is 28.6 Å². The lowest BCUT2D eigenvalue weighted by Crippen LogP contribution is -2.43. The van der Waals surface area contributed by atoms with Gasteiger partial charge in [-0.1, -0.05) is 13.3 Å². The number of nitrogens with zero attached hydrogens (tertiary/aromatic N) is 2. The van der Waals surface area contributed by atoms with Gasteiger partial charge in [-0.25, -0.2) is 0 Å². The van der Waals surface area contributed by atoms with Crippen molar-refractivity contribution in [2.24, 2.45) is 0 Å². The Kier molecular flexibility index (Phi) is 4.03. The highest BCUT2D eigenvalue weighted by atomic mass is 16.5. The van der Waals surface area contributed by atoms with Gasteiger partial charge in [-0.2, -0.15) is 0 Å². The van der Waals surface area contributed by atoms with E-state index in [1.807, 2.05) is 0 Å². The third kappa shape index (κ3) is 3.00. The van der Waals surface area contributed by atoms with Gasteiger partial charge in [-0.15, -0.1) is 0 Å². The molecule has 0 saturated heterocycles. The van der Waals surface area contributed by atoms with Gasteiger partial charge in [0.25, 0.3) is 0 Å². The molecule has 2 rings (SSSR count). The maximum Gasteiger partial charge on any atom is 0.323 e. The fourth-order valence-electron chi connectivity index (χ4n) is 1.78. The predicted octanol–water partition coefficient (Wildman–Crippen LogP) is 0.834. The Morgan fingerprint density at radius 2 is 2.24 bits per heavy atom. The molecule has 0 saturated carbocycles. The van der Waals surface area contributed by atoms with Gasteiger partial charge in [0.1, 0.15) is 6.04 Å². The summed E-state index contributed by atoms with van der Waals surface area (Å²) < 4.78 is 5.19. The molecule has 1 aromatic rings. The summed E-state index contributed by atoms with van der Waals surface area (Å²) in [5, 5.41) is 3.12. The Balaban J connectivity index is 1.91. The van der Waals surface area contributed by atoms with Crippen molar-refractivity contribution in [3.63, 3.8) is 0 Å². The number of unbranched alkanes of at least 4 members (excludes halogenated alkanes) is 1. The molecule has 1 N–H and O–H groups in total. The van der Waals surface area contributed by atoms with Gasteiger partial charge in [-0.3, -0.25) is 20.1 Å². The van der Waals surface area contributed by atoms with Gasteiger partial charge >= 0.3 is 5.97 Å². The maximum absolute atomic E-state index is 11.7. The van der Waals surface area contributed by atoms with Crippen molar-refractivity contribution < 1.29 is 9.53 Å². The second-order valence-corrected chi connectivity index (χ2v) is 4.11. The first-order valence-electron chi connectivity index (χ1n) is 6.00. The molecule has 1 atom stereocenters. The minimum atomic E-state index is -0.281. The van der Waals surface area contributed by atoms with Gasteiger partial charge in [0.05, 0.1) is 18.0 Å². The van der Waals surface area contributed by atoms with E-state index in [2.05, 4.69) is 22.2 Å². The van der Waals surface area contributed by atoms with Crippen molar-refractivity contribution in [1.29, 1.82) is 0 Å². The molecule has 0 aliphatic carbocycles. The summed E-state index contributed by atoms with van der Waals surface area (Å²) in [6, 6.07) is -0.281. The van der Waals surface area contributed by atoms with Crippen molar-refractivity contribution >= 4 is 5.97 Å². The van der Waals surface area contributed by atoms with Gasteiger partial charge in [0.2, 0.25) is 0 Å². The number of nitrogens with one attached hydrogen (secondary N) is 1. The van der Waals surface area contributed by atoms with Crippen molar-refractivity contribution in [2.45, 2.75) is 38.8 Å². The Labute approximate surface area is 101 Å². The first-order chi connectivity index (χ1) is 8.31. The molecule has 2 heterocycles. The largest absolute Gasteiger partial charge is 0.465 e. The van der Waals surface area contributed by atoms with E-state index in [0.29, 0.717) is 19.6 Å². The second-order valence-electron chi connectivity index (χ2n) is 4.11. The molecule has 1 aromatic heterocycles. The summed E-state index contributed by atoms with van der Waals surface area (Å²) in [6.45, 7) is 3.15. The van der Waals surface area contributed by atoms with Crippen LogP contribution in [0.4, 0.5) is 0 Å². The van der Waals surface area contributed by atoms with Crippen molar-refractivity contribution in [2.75, 3.05) is 6.61 Å². The smallest absolute Gasteiger partial charge is 0.323 e. The molecular formula is C12H17N3O2. The zero-order chi connectivity index (χ0) is 12.1. The summed E-state index contributed by atoms with van der Waals surface area (Å²) in [5.74, 6) is -0.185. The Morgan fingerprint density at radius 1 is 1.47 bits per heavy atom. The molecule has 0 aromatic carbocycles. The van der Waals surface area contributed by atoms with E-state index >= 15 is 0 Å². The molecule has 0 radical (unpaired) electrons. The monoisotopic (exact) mass is 235 g/mol. The second kappa shape index (κ2) is 5.72. The average molecular weight is 235 g/mol. The third-order valence-electron chi connectivity index (χ3n) is 2.80. The minimum absolute atomic E-state index is 0.185. The normalized spacial score (nSPS) is 18.5. The molecule has 17 heavy (non-hydrogen) atoms. The number of hydrogen-bond acceptors (Lipinski definition) is 5. The number of ether oxygens (including phenoxy) is 1. The Morgan fingerprint density at radius 3 is 3.00 bits per heavy atom. The summed E-state index contributed by atoms with van der Waals surface area (Å²) >= 11 is 0. The van der Waals surface area contributed by atoms with Crippen LogP contribution in [0.3, 0.4) is 0 Å². The van der Waals surface area contributed by atoms with Crippen LogP contribution in [-0.2, 0) is 22.5 Å². The van der Waals surface area contributed by atoms with E-state index in [1.54, 1.807) is 12.4 Å². The maximum atomic E-state index is 11.7. The summed E-state index contributed by atoms with van der Waals surface area (Å²) in [6.07, 6.45) is 5.83. The lowest BCUT2D eigenvalue weighted by Gasteiger charge is -2.22. The molecule has 0 amide bonds. The molecule has 5 heteroatoms. The number of carbonyl (C=O) groups excluding carboxylic acids is 1. The fourth-order valence-corrected chi connectivity index (χ4v) is 1.78. The predicted molar refractivity (Wildman–Crippen MR) is 62.2 cm³/mol. The van der Waals surface area contributed by atoms with Crippen molar-refractivity contribution in [3.05, 3.63) is 23.8 Å². The molecular weight excluding hydrogens is 218 g/mol. The van der Waals surface area contributed by atoms with E-state index < -0.39 is 0 Å². The molecule has 1 unspecified atom stereocenters. The minimum Gasteiger partial charge on any atom is -0.465 e. The molecule has 0 bridgehead atoms. The molecule has 1 aliphatic heterocycles. The lowest BCUT2D eigenvalue weighted by molar-refractivity contribution is -0.146. The van der Waals surface area contributed by atoms with E-state index in [4.69, 9.17) is 4.74 Å². The van der Waals surface area contributed by atoms with E-state index in [1.165, 1.54) is 0 Å². The number of esters is 1. The number of aromatic nitrogens is 2. The highest BCUT2D eigenvalue weighted by molar-refractivity contribution is 5.76. The van der Waals surface area contributed by atoms with E-state index in [-0.39, 0.29) is 12.0 Å². The molecule has 1 aliphatic rings. The SMILES string of the molecule is CCCCOC(=O)C1Cc2nccnc2CN1. The number of fused-ring (bicyclic) bond motifs is 1. The summed E-state index contributed by atoms with van der Waals surface area (Å²) in [7, 11) is 0. The van der Waals surface area contributed by atoms with Crippen LogP contribution in [0.1, 0.15) is 31.2 Å². The Hall–Kier alpha value is -1.49. The van der Waals surface area contributed by atoms with E-state index in [9.17, 15) is 4.79 Å². The molecule has 0 spiro atoms. The highest BCUT2D eigenvalue weighted by Gasteiger charge is 2.26. The Bertz CT molecular complexity index is 395. The van der Waals surface area contributed by atoms with Gasteiger partial charge in [0.15, 0.2) is 0 Å². The number of carbonyl (C=O) groups is 1. The zero-order valence-electron chi connectivity index (χ0n) is 9.98. The number of hydrogen-bond donors (Lipinski definition) is 1. The molecule has 92 valence electrons. The zero-order valence-corrected chi connectivity index (χ0v) is 9.98. The summed E-state index contributed by atoms with van der Waals surface area (Å²) in [4.78, 5) is 20.2.